The van der Waals surface area contributed by atoms with Gasteiger partial charge in [0.2, 0.25) is 0 Å². The van der Waals surface area contributed by atoms with E-state index in [1.807, 2.05) is 0 Å². The summed E-state index contributed by atoms with van der Waals surface area (Å²) < 4.78 is 0. The summed E-state index contributed by atoms with van der Waals surface area (Å²) in [4.78, 5) is 9.07. The van der Waals surface area contributed by atoms with Crippen molar-refractivity contribution in [3.63, 3.8) is 0 Å². The normalized spacial score (nSPS) is 14.9. The van der Waals surface area contributed by atoms with Gasteiger partial charge in [0.05, 0.1) is 12.2 Å². The molecule has 0 radical (unpaired) electrons. The summed E-state index contributed by atoms with van der Waals surface area (Å²) in [5.41, 5.74) is 2.56. The molecule has 2 aromatic rings. The second-order valence-corrected chi connectivity index (χ2v) is 8.38. The molecule has 0 aliphatic heterocycles. The number of hydrogen-bond acceptors (Lipinski definition) is 3. The number of guanidine groups is 1. The smallest absolute Gasteiger partial charge is 0.191 e. The number of thiazole rings is 1. The van der Waals surface area contributed by atoms with E-state index in [9.17, 15) is 0 Å². The standard InChI is InChI=1S/C20H30N4S/c1-14(16-10-8-7-9-11-16)15(2)23-19(21-6)22-12-18-24-17(13-25-18)20(3,4)5/h7-11,13-15H,12H2,1-6H3,(H2,21,22,23). The van der Waals surface area contributed by atoms with Crippen molar-refractivity contribution in [2.75, 3.05) is 7.05 Å². The van der Waals surface area contributed by atoms with E-state index in [2.05, 4.69) is 86.0 Å². The molecule has 0 saturated carbocycles. The number of nitrogens with zero attached hydrogens (tertiary/aromatic N) is 2. The van der Waals surface area contributed by atoms with Crippen LogP contribution in [0.25, 0.3) is 0 Å². The minimum Gasteiger partial charge on any atom is -0.353 e. The van der Waals surface area contributed by atoms with Gasteiger partial charge in [-0.05, 0) is 12.5 Å². The van der Waals surface area contributed by atoms with Crippen LogP contribution in [0, 0.1) is 0 Å². The third-order valence-electron chi connectivity index (χ3n) is 4.39. The van der Waals surface area contributed by atoms with Gasteiger partial charge in [0.15, 0.2) is 5.96 Å². The second-order valence-electron chi connectivity index (χ2n) is 7.43. The Bertz CT molecular complexity index is 685. The van der Waals surface area contributed by atoms with Crippen molar-refractivity contribution in [3.8, 4) is 0 Å². The minimum atomic E-state index is 0.0916. The van der Waals surface area contributed by atoms with Crippen LogP contribution in [0.5, 0.6) is 0 Å². The summed E-state index contributed by atoms with van der Waals surface area (Å²) in [5.74, 6) is 1.20. The first-order chi connectivity index (χ1) is 11.8. The van der Waals surface area contributed by atoms with E-state index in [1.54, 1.807) is 18.4 Å². The Morgan fingerprint density at radius 1 is 1.20 bits per heavy atom. The van der Waals surface area contributed by atoms with Crippen LogP contribution in [-0.2, 0) is 12.0 Å². The molecule has 4 nitrogen and oxygen atoms in total. The summed E-state index contributed by atoms with van der Waals surface area (Å²) in [6.07, 6.45) is 0. The molecule has 0 fully saturated rings. The zero-order chi connectivity index (χ0) is 18.4. The average Bonchev–Trinajstić information content (AvgIpc) is 3.08. The fourth-order valence-corrected chi connectivity index (χ4v) is 3.44. The van der Waals surface area contributed by atoms with Crippen molar-refractivity contribution in [2.24, 2.45) is 4.99 Å². The predicted molar refractivity (Wildman–Crippen MR) is 108 cm³/mol. The molecule has 2 N–H and O–H groups in total. The Morgan fingerprint density at radius 3 is 2.44 bits per heavy atom. The van der Waals surface area contributed by atoms with Gasteiger partial charge in [-0.15, -0.1) is 11.3 Å². The Morgan fingerprint density at radius 2 is 1.88 bits per heavy atom. The largest absolute Gasteiger partial charge is 0.353 e. The molecule has 1 heterocycles. The first-order valence-corrected chi connectivity index (χ1v) is 9.66. The molecule has 2 atom stereocenters. The molecular formula is C20H30N4S. The number of aromatic nitrogens is 1. The molecule has 0 aliphatic carbocycles. The number of benzene rings is 1. The third kappa shape index (κ3) is 5.56. The lowest BCUT2D eigenvalue weighted by Gasteiger charge is -2.23. The summed E-state index contributed by atoms with van der Waals surface area (Å²) in [6, 6.07) is 10.8. The molecule has 2 unspecified atom stereocenters. The third-order valence-corrected chi connectivity index (χ3v) is 5.24. The SMILES string of the molecule is CN=C(NCc1nc(C(C)(C)C)cs1)NC(C)C(C)c1ccccc1. The van der Waals surface area contributed by atoms with Gasteiger partial charge in [-0.2, -0.15) is 0 Å². The zero-order valence-electron chi connectivity index (χ0n) is 16.1. The highest BCUT2D eigenvalue weighted by molar-refractivity contribution is 7.09. The lowest BCUT2D eigenvalue weighted by atomic mass is 9.93. The zero-order valence-corrected chi connectivity index (χ0v) is 16.9. The van der Waals surface area contributed by atoms with Gasteiger partial charge in [0.25, 0.3) is 0 Å². The molecule has 1 aromatic heterocycles. The maximum atomic E-state index is 4.72. The van der Waals surface area contributed by atoms with Crippen LogP contribution < -0.4 is 10.6 Å². The molecular weight excluding hydrogens is 328 g/mol. The maximum Gasteiger partial charge on any atom is 0.191 e. The predicted octanol–water partition coefficient (Wildman–Crippen LogP) is 4.30. The summed E-state index contributed by atoms with van der Waals surface area (Å²) in [6.45, 7) is 11.7. The number of aliphatic imine (C=N–C) groups is 1. The highest BCUT2D eigenvalue weighted by Crippen LogP contribution is 2.23. The van der Waals surface area contributed by atoms with Gasteiger partial charge < -0.3 is 10.6 Å². The van der Waals surface area contributed by atoms with Gasteiger partial charge in [0.1, 0.15) is 5.01 Å². The molecule has 0 saturated heterocycles. The van der Waals surface area contributed by atoms with Gasteiger partial charge in [-0.3, -0.25) is 4.99 Å². The van der Waals surface area contributed by atoms with Crippen LogP contribution >= 0.6 is 11.3 Å². The van der Waals surface area contributed by atoms with Crippen LogP contribution in [0.3, 0.4) is 0 Å². The van der Waals surface area contributed by atoms with E-state index in [0.717, 1.165) is 16.7 Å². The van der Waals surface area contributed by atoms with Crippen LogP contribution in [0.2, 0.25) is 0 Å². The van der Waals surface area contributed by atoms with Crippen molar-refractivity contribution in [2.45, 2.75) is 58.5 Å². The fourth-order valence-electron chi connectivity index (χ4n) is 2.48. The Kier molecular flexibility index (Phi) is 6.59. The van der Waals surface area contributed by atoms with Gasteiger partial charge >= 0.3 is 0 Å². The minimum absolute atomic E-state index is 0.0916. The van der Waals surface area contributed by atoms with Crippen molar-refractivity contribution in [1.29, 1.82) is 0 Å². The lowest BCUT2D eigenvalue weighted by molar-refractivity contribution is 0.549. The molecule has 136 valence electrons. The number of hydrogen-bond donors (Lipinski definition) is 2. The van der Waals surface area contributed by atoms with Crippen molar-refractivity contribution < 1.29 is 0 Å². The van der Waals surface area contributed by atoms with E-state index in [0.29, 0.717) is 12.5 Å². The first kappa shape index (κ1) is 19.4. The van der Waals surface area contributed by atoms with Gasteiger partial charge in [0, 0.05) is 29.8 Å². The van der Waals surface area contributed by atoms with E-state index in [4.69, 9.17) is 4.98 Å². The Labute approximate surface area is 155 Å². The fraction of sp³-hybridized carbons (Fsp3) is 0.500. The van der Waals surface area contributed by atoms with E-state index >= 15 is 0 Å². The molecule has 5 heteroatoms. The van der Waals surface area contributed by atoms with Crippen molar-refractivity contribution in [3.05, 3.63) is 52.0 Å². The quantitative estimate of drug-likeness (QED) is 0.619. The van der Waals surface area contributed by atoms with Crippen LogP contribution in [0.4, 0.5) is 0 Å². The lowest BCUT2D eigenvalue weighted by Crippen LogP contribution is -2.43. The second kappa shape index (κ2) is 8.48. The molecule has 0 amide bonds. The Balaban J connectivity index is 1.91. The Hall–Kier alpha value is -1.88. The van der Waals surface area contributed by atoms with Crippen molar-refractivity contribution >= 4 is 17.3 Å². The molecule has 1 aromatic carbocycles. The summed E-state index contributed by atoms with van der Waals surface area (Å²) in [7, 11) is 1.80. The topological polar surface area (TPSA) is 49.3 Å². The van der Waals surface area contributed by atoms with Crippen molar-refractivity contribution in [1.82, 2.24) is 15.6 Å². The van der Waals surface area contributed by atoms with E-state index in [1.165, 1.54) is 5.56 Å². The number of rotatable bonds is 5. The van der Waals surface area contributed by atoms with E-state index < -0.39 is 0 Å². The average molecular weight is 359 g/mol. The highest BCUT2D eigenvalue weighted by atomic mass is 32.1. The first-order valence-electron chi connectivity index (χ1n) is 8.78. The number of nitrogens with one attached hydrogen (secondary N) is 2. The van der Waals surface area contributed by atoms with Gasteiger partial charge in [-0.1, -0.05) is 58.0 Å². The molecule has 0 bridgehead atoms. The monoisotopic (exact) mass is 358 g/mol. The maximum absolute atomic E-state index is 4.72. The molecule has 0 spiro atoms. The van der Waals surface area contributed by atoms with Crippen LogP contribution in [0.15, 0.2) is 40.7 Å². The van der Waals surface area contributed by atoms with E-state index in [-0.39, 0.29) is 11.5 Å². The molecule has 2 rings (SSSR count). The summed E-state index contributed by atoms with van der Waals surface area (Å²) >= 11 is 1.69. The van der Waals surface area contributed by atoms with Crippen LogP contribution in [0.1, 0.15) is 56.8 Å². The van der Waals surface area contributed by atoms with Crippen LogP contribution in [-0.4, -0.2) is 24.0 Å². The molecule has 0 aliphatic rings. The molecule has 25 heavy (non-hydrogen) atoms. The van der Waals surface area contributed by atoms with Gasteiger partial charge in [-0.25, -0.2) is 4.98 Å². The summed E-state index contributed by atoms with van der Waals surface area (Å²) in [5, 5.41) is 10.1. The highest BCUT2D eigenvalue weighted by Gasteiger charge is 2.18.